The van der Waals surface area contributed by atoms with Crippen molar-refractivity contribution in [2.75, 3.05) is 0 Å². The first kappa shape index (κ1) is 17.9. The molecule has 1 amide bonds. The van der Waals surface area contributed by atoms with E-state index in [1.165, 1.54) is 6.07 Å². The van der Waals surface area contributed by atoms with Gasteiger partial charge < -0.3 is 15.4 Å². The number of H-pyrrole nitrogens is 1. The van der Waals surface area contributed by atoms with E-state index in [1.54, 1.807) is 6.07 Å². The fourth-order valence-electron chi connectivity index (χ4n) is 2.15. The second kappa shape index (κ2) is 8.36. The molecule has 0 aliphatic rings. The summed E-state index contributed by atoms with van der Waals surface area (Å²) < 4.78 is 0. The maximum absolute atomic E-state index is 12.2. The van der Waals surface area contributed by atoms with Crippen LogP contribution in [0.3, 0.4) is 0 Å². The number of nitrogens with one attached hydrogen (secondary N) is 2. The van der Waals surface area contributed by atoms with Crippen LogP contribution in [0, 0.1) is 0 Å². The molecule has 1 aromatic heterocycles. The Morgan fingerprint density at radius 3 is 2.50 bits per heavy atom. The zero-order valence-electron chi connectivity index (χ0n) is 13.3. The predicted molar refractivity (Wildman–Crippen MR) is 84.2 cm³/mol. The van der Waals surface area contributed by atoms with E-state index in [9.17, 15) is 14.4 Å². The average Bonchev–Trinajstić information content (AvgIpc) is 2.43. The van der Waals surface area contributed by atoms with E-state index in [0.717, 1.165) is 18.5 Å². The molecule has 0 aliphatic carbocycles. The number of hydrogen-bond donors (Lipinski definition) is 3. The molecular weight excluding hydrogens is 284 g/mol. The smallest absolute Gasteiger partial charge is 0.305 e. The van der Waals surface area contributed by atoms with Gasteiger partial charge in [-0.2, -0.15) is 0 Å². The lowest BCUT2D eigenvalue weighted by atomic mass is 10.1. The molecule has 0 aliphatic heterocycles. The highest BCUT2D eigenvalue weighted by Crippen LogP contribution is 2.10. The van der Waals surface area contributed by atoms with Crippen LogP contribution in [-0.2, 0) is 4.79 Å². The zero-order chi connectivity index (χ0) is 16.7. The van der Waals surface area contributed by atoms with E-state index in [0.29, 0.717) is 6.42 Å². The van der Waals surface area contributed by atoms with E-state index < -0.39 is 23.5 Å². The number of hydrogen-bond acceptors (Lipinski definition) is 3. The topological polar surface area (TPSA) is 99.3 Å². The fourth-order valence-corrected chi connectivity index (χ4v) is 2.15. The molecule has 1 aromatic rings. The number of carbonyl (C=O) groups is 2. The first-order valence-corrected chi connectivity index (χ1v) is 7.61. The Kier molecular flexibility index (Phi) is 6.82. The maximum Gasteiger partial charge on any atom is 0.305 e. The van der Waals surface area contributed by atoms with Crippen LogP contribution < -0.4 is 10.9 Å². The second-order valence-electron chi connectivity index (χ2n) is 5.72. The van der Waals surface area contributed by atoms with Crippen LogP contribution in [0.4, 0.5) is 0 Å². The van der Waals surface area contributed by atoms with Gasteiger partial charge >= 0.3 is 5.97 Å². The predicted octanol–water partition coefficient (Wildman–Crippen LogP) is 2.26. The first-order valence-electron chi connectivity index (χ1n) is 7.61. The number of aromatic nitrogens is 1. The molecule has 22 heavy (non-hydrogen) atoms. The van der Waals surface area contributed by atoms with E-state index in [-0.39, 0.29) is 17.9 Å². The summed E-state index contributed by atoms with van der Waals surface area (Å²) in [6, 6.07) is 2.73. The van der Waals surface area contributed by atoms with Gasteiger partial charge in [-0.3, -0.25) is 14.4 Å². The maximum atomic E-state index is 12.2. The standard InChI is InChI=1S/C16H24N2O4/c1-4-5-6-11(9-14(19)20)17-15(21)12-7-8-13(10(2)3)18-16(12)22/h7-8,10-11H,4-6,9H2,1-3H3,(H,17,21)(H,18,22)(H,19,20). The van der Waals surface area contributed by atoms with Gasteiger partial charge in [-0.15, -0.1) is 0 Å². The fraction of sp³-hybridized carbons (Fsp3) is 0.562. The SMILES string of the molecule is CCCCC(CC(=O)O)NC(=O)c1ccc(C(C)C)[nH]c1=O. The van der Waals surface area contributed by atoms with Crippen molar-refractivity contribution >= 4 is 11.9 Å². The van der Waals surface area contributed by atoms with Crippen LogP contribution in [0.1, 0.15) is 68.4 Å². The van der Waals surface area contributed by atoms with Gasteiger partial charge in [0.05, 0.1) is 6.42 Å². The van der Waals surface area contributed by atoms with Gasteiger partial charge in [0, 0.05) is 11.7 Å². The number of aliphatic carboxylic acids is 1. The van der Waals surface area contributed by atoms with Crippen molar-refractivity contribution in [3.63, 3.8) is 0 Å². The third-order valence-electron chi connectivity index (χ3n) is 3.46. The van der Waals surface area contributed by atoms with Crippen LogP contribution >= 0.6 is 0 Å². The Morgan fingerprint density at radius 2 is 2.00 bits per heavy atom. The highest BCUT2D eigenvalue weighted by molar-refractivity contribution is 5.94. The van der Waals surface area contributed by atoms with Crippen molar-refractivity contribution in [2.24, 2.45) is 0 Å². The number of carbonyl (C=O) groups excluding carboxylic acids is 1. The van der Waals surface area contributed by atoms with Crippen molar-refractivity contribution in [1.29, 1.82) is 0 Å². The van der Waals surface area contributed by atoms with Crippen molar-refractivity contribution < 1.29 is 14.7 Å². The first-order chi connectivity index (χ1) is 10.3. The molecule has 122 valence electrons. The lowest BCUT2D eigenvalue weighted by molar-refractivity contribution is -0.137. The Bertz CT molecular complexity index is 578. The summed E-state index contributed by atoms with van der Waals surface area (Å²) in [6.07, 6.45) is 2.17. The van der Waals surface area contributed by atoms with Crippen LogP contribution in [-0.4, -0.2) is 28.0 Å². The van der Waals surface area contributed by atoms with Crippen LogP contribution in [0.15, 0.2) is 16.9 Å². The number of carboxylic acids is 1. The molecule has 0 aromatic carbocycles. The van der Waals surface area contributed by atoms with E-state index >= 15 is 0 Å². The minimum absolute atomic E-state index is 0.0105. The highest BCUT2D eigenvalue weighted by atomic mass is 16.4. The van der Waals surface area contributed by atoms with Crippen LogP contribution in [0.5, 0.6) is 0 Å². The lowest BCUT2D eigenvalue weighted by Gasteiger charge is -2.16. The molecule has 0 radical (unpaired) electrons. The van der Waals surface area contributed by atoms with Crippen molar-refractivity contribution in [3.05, 3.63) is 33.7 Å². The number of aromatic amines is 1. The lowest BCUT2D eigenvalue weighted by Crippen LogP contribution is -2.39. The Labute approximate surface area is 129 Å². The summed E-state index contributed by atoms with van der Waals surface area (Å²) in [4.78, 5) is 37.7. The Balaban J connectivity index is 2.85. The molecule has 0 bridgehead atoms. The Morgan fingerprint density at radius 1 is 1.32 bits per heavy atom. The van der Waals surface area contributed by atoms with Gasteiger partial charge in [0.1, 0.15) is 5.56 Å². The molecule has 1 rings (SSSR count). The van der Waals surface area contributed by atoms with Crippen molar-refractivity contribution in [1.82, 2.24) is 10.3 Å². The van der Waals surface area contributed by atoms with Gasteiger partial charge in [0.2, 0.25) is 0 Å². The highest BCUT2D eigenvalue weighted by Gasteiger charge is 2.18. The van der Waals surface area contributed by atoms with Crippen molar-refractivity contribution in [3.8, 4) is 0 Å². The summed E-state index contributed by atoms with van der Waals surface area (Å²) in [7, 11) is 0. The van der Waals surface area contributed by atoms with Gasteiger partial charge in [0.25, 0.3) is 11.5 Å². The largest absolute Gasteiger partial charge is 0.481 e. The molecule has 0 fully saturated rings. The Hall–Kier alpha value is -2.11. The summed E-state index contributed by atoms with van der Waals surface area (Å²) in [5.74, 6) is -1.33. The van der Waals surface area contributed by atoms with Crippen LogP contribution in [0.2, 0.25) is 0 Å². The second-order valence-corrected chi connectivity index (χ2v) is 5.72. The minimum atomic E-state index is -0.967. The average molecular weight is 308 g/mol. The van der Waals surface area contributed by atoms with Crippen molar-refractivity contribution in [2.45, 2.75) is 58.4 Å². The molecule has 6 heteroatoms. The zero-order valence-corrected chi connectivity index (χ0v) is 13.3. The molecule has 0 spiro atoms. The summed E-state index contributed by atoms with van der Waals surface area (Å²) in [5, 5.41) is 11.5. The third-order valence-corrected chi connectivity index (χ3v) is 3.46. The normalized spacial score (nSPS) is 12.2. The van der Waals surface area contributed by atoms with Crippen LogP contribution in [0.25, 0.3) is 0 Å². The molecular formula is C16H24N2O4. The molecule has 0 saturated heterocycles. The third kappa shape index (κ3) is 5.35. The number of rotatable bonds is 8. The molecule has 1 atom stereocenters. The van der Waals surface area contributed by atoms with E-state index in [1.807, 2.05) is 20.8 Å². The summed E-state index contributed by atoms with van der Waals surface area (Å²) >= 11 is 0. The monoisotopic (exact) mass is 308 g/mol. The number of amides is 1. The molecule has 6 nitrogen and oxygen atoms in total. The van der Waals surface area contributed by atoms with Gasteiger partial charge in [-0.05, 0) is 24.5 Å². The number of unbranched alkanes of at least 4 members (excludes halogenated alkanes) is 1. The molecule has 1 heterocycles. The minimum Gasteiger partial charge on any atom is -0.481 e. The van der Waals surface area contributed by atoms with E-state index in [4.69, 9.17) is 5.11 Å². The summed E-state index contributed by atoms with van der Waals surface area (Å²) in [6.45, 7) is 5.88. The number of carboxylic acid groups (broad SMARTS) is 1. The molecule has 3 N–H and O–H groups in total. The molecule has 1 unspecified atom stereocenters. The van der Waals surface area contributed by atoms with Gasteiger partial charge in [-0.25, -0.2) is 0 Å². The van der Waals surface area contributed by atoms with E-state index in [2.05, 4.69) is 10.3 Å². The number of pyridine rings is 1. The molecule has 0 saturated carbocycles. The van der Waals surface area contributed by atoms with Gasteiger partial charge in [0.15, 0.2) is 0 Å². The summed E-state index contributed by atoms with van der Waals surface area (Å²) in [5.41, 5.74) is 0.319. The quantitative estimate of drug-likeness (QED) is 0.686. The van der Waals surface area contributed by atoms with Gasteiger partial charge in [-0.1, -0.05) is 33.6 Å².